The van der Waals surface area contributed by atoms with Gasteiger partial charge in [-0.2, -0.15) is 0 Å². The fourth-order valence-electron chi connectivity index (χ4n) is 4.56. The summed E-state index contributed by atoms with van der Waals surface area (Å²) in [6.45, 7) is 0.496. The van der Waals surface area contributed by atoms with Crippen LogP contribution in [0.4, 0.5) is 5.69 Å². The molecule has 1 saturated carbocycles. The molecule has 2 aromatic carbocycles. The quantitative estimate of drug-likeness (QED) is 0.278. The number of nitrogens with zero attached hydrogens (tertiary/aromatic N) is 4. The number of fused-ring (bicyclic) bond motifs is 1. The smallest absolute Gasteiger partial charge is 0.255 e. The first-order chi connectivity index (χ1) is 17.1. The van der Waals surface area contributed by atoms with Gasteiger partial charge in [0, 0.05) is 49.0 Å². The molecule has 0 radical (unpaired) electrons. The van der Waals surface area contributed by atoms with Gasteiger partial charge in [0.15, 0.2) is 5.16 Å². The van der Waals surface area contributed by atoms with Crippen molar-refractivity contribution >= 4 is 40.3 Å². The number of carbonyl (C=O) groups excluding carboxylic acids is 2. The van der Waals surface area contributed by atoms with E-state index in [4.69, 9.17) is 0 Å². The molecule has 1 aliphatic rings. The highest BCUT2D eigenvalue weighted by Gasteiger charge is 2.23. The zero-order valence-corrected chi connectivity index (χ0v) is 20.4. The first-order valence-electron chi connectivity index (χ1n) is 11.9. The molecule has 4 aromatic rings. The Hall–Kier alpha value is -3.59. The van der Waals surface area contributed by atoms with E-state index in [0.29, 0.717) is 40.7 Å². The highest BCUT2D eigenvalue weighted by atomic mass is 32.2. The molecule has 2 N–H and O–H groups in total. The maximum Gasteiger partial charge on any atom is 0.255 e. The van der Waals surface area contributed by atoms with Gasteiger partial charge in [-0.3, -0.25) is 9.59 Å². The fraction of sp³-hybridized carbons (Fsp3) is 0.308. The number of hydrogen-bond acceptors (Lipinski definition) is 5. The van der Waals surface area contributed by atoms with Crippen LogP contribution in [0, 0.1) is 0 Å². The number of aromatic nitrogens is 4. The topological polar surface area (TPSA) is 93.8 Å². The lowest BCUT2D eigenvalue weighted by Crippen LogP contribution is -2.27. The molecule has 1 fully saturated rings. The molecule has 9 heteroatoms. The number of anilines is 1. The predicted molar refractivity (Wildman–Crippen MR) is 138 cm³/mol. The van der Waals surface area contributed by atoms with Gasteiger partial charge in [0.2, 0.25) is 0 Å². The maximum atomic E-state index is 13.4. The molecule has 0 spiro atoms. The number of benzene rings is 2. The summed E-state index contributed by atoms with van der Waals surface area (Å²) in [5, 5.41) is 6.88. The third kappa shape index (κ3) is 5.09. The monoisotopic (exact) mass is 488 g/mol. The zero-order valence-electron chi connectivity index (χ0n) is 19.6. The standard InChI is InChI=1S/C26H28N6O2S/c1-31-13-11-28-26(31)35-14-12-27-25(34)21-15-19(30-24(33)18-7-3-2-4-8-18)16-22-23(21)32(17-29-22)20-9-5-6-10-20/h2-4,7-8,11,13,15-17,20H,5-6,9-10,12,14H2,1H3,(H,27,34)(H,30,33). The van der Waals surface area contributed by atoms with Crippen LogP contribution in [-0.4, -0.2) is 43.2 Å². The molecule has 5 rings (SSSR count). The van der Waals surface area contributed by atoms with E-state index in [1.54, 1.807) is 36.2 Å². The van der Waals surface area contributed by atoms with Crippen molar-refractivity contribution in [2.45, 2.75) is 36.9 Å². The Balaban J connectivity index is 1.39. The Labute approximate surface area is 208 Å². The molecule has 1 aliphatic carbocycles. The highest BCUT2D eigenvalue weighted by molar-refractivity contribution is 7.99. The van der Waals surface area contributed by atoms with Gasteiger partial charge >= 0.3 is 0 Å². The minimum atomic E-state index is -0.224. The van der Waals surface area contributed by atoms with Gasteiger partial charge in [0.25, 0.3) is 11.8 Å². The average molecular weight is 489 g/mol. The van der Waals surface area contributed by atoms with E-state index < -0.39 is 0 Å². The molecule has 0 unspecified atom stereocenters. The third-order valence-corrected chi connectivity index (χ3v) is 7.38. The van der Waals surface area contributed by atoms with Crippen LogP contribution >= 0.6 is 11.8 Å². The summed E-state index contributed by atoms with van der Waals surface area (Å²) < 4.78 is 4.09. The normalized spacial score (nSPS) is 13.9. The number of hydrogen-bond donors (Lipinski definition) is 2. The van der Waals surface area contributed by atoms with Crippen LogP contribution in [0.15, 0.2) is 66.3 Å². The molecule has 2 amide bonds. The van der Waals surface area contributed by atoms with Gasteiger partial charge in [0.1, 0.15) is 0 Å². The maximum absolute atomic E-state index is 13.4. The summed E-state index contributed by atoms with van der Waals surface area (Å²) in [5.74, 6) is 0.301. The number of aryl methyl sites for hydroxylation is 1. The van der Waals surface area contributed by atoms with E-state index in [1.165, 1.54) is 12.8 Å². The number of thioether (sulfide) groups is 1. The molecular weight excluding hydrogens is 460 g/mol. The Morgan fingerprint density at radius 2 is 1.89 bits per heavy atom. The lowest BCUT2D eigenvalue weighted by atomic mass is 10.1. The summed E-state index contributed by atoms with van der Waals surface area (Å²) in [6, 6.07) is 13.0. The Bertz CT molecular complexity index is 1340. The van der Waals surface area contributed by atoms with Crippen LogP contribution in [0.25, 0.3) is 11.0 Å². The summed E-state index contributed by atoms with van der Waals surface area (Å²) in [7, 11) is 1.95. The summed E-state index contributed by atoms with van der Waals surface area (Å²) in [5.41, 5.74) is 3.16. The van der Waals surface area contributed by atoms with Gasteiger partial charge in [-0.25, -0.2) is 9.97 Å². The van der Waals surface area contributed by atoms with Crippen LogP contribution in [0.3, 0.4) is 0 Å². The largest absolute Gasteiger partial charge is 0.351 e. The van der Waals surface area contributed by atoms with Crippen molar-refractivity contribution < 1.29 is 9.59 Å². The number of imidazole rings is 2. The van der Waals surface area contributed by atoms with Crippen molar-refractivity contribution in [1.29, 1.82) is 0 Å². The van der Waals surface area contributed by atoms with Gasteiger partial charge in [-0.1, -0.05) is 42.8 Å². The second-order valence-electron chi connectivity index (χ2n) is 8.73. The highest BCUT2D eigenvalue weighted by Crippen LogP contribution is 2.34. The Morgan fingerprint density at radius 3 is 2.63 bits per heavy atom. The van der Waals surface area contributed by atoms with Crippen molar-refractivity contribution in [3.63, 3.8) is 0 Å². The van der Waals surface area contributed by atoms with Crippen molar-refractivity contribution in [3.8, 4) is 0 Å². The van der Waals surface area contributed by atoms with E-state index in [2.05, 4.69) is 25.2 Å². The molecule has 0 aliphatic heterocycles. The van der Waals surface area contributed by atoms with Crippen LogP contribution in [0.1, 0.15) is 52.4 Å². The van der Waals surface area contributed by atoms with E-state index in [9.17, 15) is 9.59 Å². The Morgan fingerprint density at radius 1 is 1.09 bits per heavy atom. The minimum absolute atomic E-state index is 0.175. The SMILES string of the molecule is Cn1ccnc1SCCNC(=O)c1cc(NC(=O)c2ccccc2)cc2ncn(C3CCCC3)c12. The van der Waals surface area contributed by atoms with Crippen LogP contribution in [-0.2, 0) is 7.05 Å². The van der Waals surface area contributed by atoms with Crippen molar-refractivity contribution in [3.05, 3.63) is 72.3 Å². The lowest BCUT2D eigenvalue weighted by molar-refractivity contribution is 0.0956. The molecule has 180 valence electrons. The first kappa shape index (κ1) is 23.2. The molecular formula is C26H28N6O2S. The van der Waals surface area contributed by atoms with Crippen LogP contribution in [0.5, 0.6) is 0 Å². The molecule has 0 saturated heterocycles. The number of carbonyl (C=O) groups is 2. The van der Waals surface area contributed by atoms with Crippen LogP contribution in [0.2, 0.25) is 0 Å². The van der Waals surface area contributed by atoms with Gasteiger partial charge in [-0.15, -0.1) is 0 Å². The van der Waals surface area contributed by atoms with E-state index in [1.807, 2.05) is 48.4 Å². The lowest BCUT2D eigenvalue weighted by Gasteiger charge is -2.16. The zero-order chi connectivity index (χ0) is 24.2. The summed E-state index contributed by atoms with van der Waals surface area (Å²) in [6.07, 6.45) is 10.0. The van der Waals surface area contributed by atoms with Gasteiger partial charge < -0.3 is 19.8 Å². The molecule has 8 nitrogen and oxygen atoms in total. The molecule has 0 atom stereocenters. The minimum Gasteiger partial charge on any atom is -0.351 e. The molecule has 2 aromatic heterocycles. The molecule has 0 bridgehead atoms. The van der Waals surface area contributed by atoms with Crippen LogP contribution < -0.4 is 10.6 Å². The van der Waals surface area contributed by atoms with Crippen molar-refractivity contribution in [2.75, 3.05) is 17.6 Å². The predicted octanol–water partition coefficient (Wildman–Crippen LogP) is 4.66. The van der Waals surface area contributed by atoms with E-state index in [-0.39, 0.29) is 11.8 Å². The number of amides is 2. The second kappa shape index (κ2) is 10.4. The van der Waals surface area contributed by atoms with Gasteiger partial charge in [-0.05, 0) is 37.1 Å². The van der Waals surface area contributed by atoms with E-state index in [0.717, 1.165) is 23.5 Å². The number of nitrogens with one attached hydrogen (secondary N) is 2. The fourth-order valence-corrected chi connectivity index (χ4v) is 5.35. The summed E-state index contributed by atoms with van der Waals surface area (Å²) in [4.78, 5) is 35.0. The first-order valence-corrected chi connectivity index (χ1v) is 12.8. The summed E-state index contributed by atoms with van der Waals surface area (Å²) >= 11 is 1.59. The second-order valence-corrected chi connectivity index (χ2v) is 9.79. The van der Waals surface area contributed by atoms with Crippen molar-refractivity contribution in [2.24, 2.45) is 7.05 Å². The van der Waals surface area contributed by atoms with Crippen molar-refractivity contribution in [1.82, 2.24) is 24.4 Å². The van der Waals surface area contributed by atoms with Gasteiger partial charge in [0.05, 0.1) is 22.9 Å². The molecule has 35 heavy (non-hydrogen) atoms. The third-order valence-electron chi connectivity index (χ3n) is 6.32. The molecule has 2 heterocycles. The Kier molecular flexibility index (Phi) is 6.85. The van der Waals surface area contributed by atoms with E-state index >= 15 is 0 Å². The average Bonchev–Trinajstić information content (AvgIpc) is 3.63. The number of rotatable bonds is 8.